The fraction of sp³-hybridized carbons (Fsp3) is 0.308. The maximum atomic E-state index is 6.00. The Bertz CT molecular complexity index is 548. The largest absolute Gasteiger partial charge is 0.398 e. The smallest absolute Gasteiger partial charge is 0.0656 e. The molecule has 0 radical (unpaired) electrons. The van der Waals surface area contributed by atoms with Gasteiger partial charge in [0.15, 0.2) is 0 Å². The summed E-state index contributed by atoms with van der Waals surface area (Å²) in [6.45, 7) is 5.64. The fourth-order valence-corrected chi connectivity index (χ4v) is 1.95. The van der Waals surface area contributed by atoms with Crippen LogP contribution in [0.15, 0.2) is 24.5 Å². The number of anilines is 2. The van der Waals surface area contributed by atoms with Gasteiger partial charge in [-0.15, -0.1) is 0 Å². The van der Waals surface area contributed by atoms with E-state index in [1.165, 1.54) is 5.56 Å². The second kappa shape index (κ2) is 5.31. The van der Waals surface area contributed by atoms with E-state index in [-0.39, 0.29) is 0 Å². The van der Waals surface area contributed by atoms with Crippen LogP contribution in [0.5, 0.6) is 0 Å². The van der Waals surface area contributed by atoms with Crippen molar-refractivity contribution < 1.29 is 0 Å². The van der Waals surface area contributed by atoms with Crippen LogP contribution in [0.3, 0.4) is 0 Å². The van der Waals surface area contributed by atoms with E-state index in [2.05, 4.69) is 10.4 Å². The zero-order valence-corrected chi connectivity index (χ0v) is 11.3. The lowest BCUT2D eigenvalue weighted by Gasteiger charge is -2.11. The van der Waals surface area contributed by atoms with Gasteiger partial charge in [0.2, 0.25) is 0 Å². The first-order valence-electron chi connectivity index (χ1n) is 5.85. The fourth-order valence-electron chi connectivity index (χ4n) is 1.79. The Morgan fingerprint density at radius 1 is 1.39 bits per heavy atom. The molecule has 0 fully saturated rings. The maximum Gasteiger partial charge on any atom is 0.0656 e. The molecule has 4 nitrogen and oxygen atoms in total. The summed E-state index contributed by atoms with van der Waals surface area (Å²) in [5, 5.41) is 8.15. The Morgan fingerprint density at radius 2 is 2.17 bits per heavy atom. The molecule has 0 atom stereocenters. The van der Waals surface area contributed by atoms with Crippen LogP contribution in [0.1, 0.15) is 11.1 Å². The molecule has 96 valence electrons. The van der Waals surface area contributed by atoms with Gasteiger partial charge in [0.05, 0.1) is 23.5 Å². The molecule has 0 amide bonds. The van der Waals surface area contributed by atoms with Crippen molar-refractivity contribution in [2.24, 2.45) is 0 Å². The Kier molecular flexibility index (Phi) is 3.77. The highest BCUT2D eigenvalue weighted by Crippen LogP contribution is 2.26. The lowest BCUT2D eigenvalue weighted by Crippen LogP contribution is -2.11. The van der Waals surface area contributed by atoms with E-state index in [0.29, 0.717) is 10.7 Å². The number of nitrogen functional groups attached to an aromatic ring is 1. The molecule has 2 rings (SSSR count). The van der Waals surface area contributed by atoms with Crippen molar-refractivity contribution in [2.75, 3.05) is 17.6 Å². The molecule has 3 N–H and O–H groups in total. The summed E-state index contributed by atoms with van der Waals surface area (Å²) in [5.74, 6) is 0. The highest BCUT2D eigenvalue weighted by Gasteiger charge is 2.03. The predicted octanol–water partition coefficient (Wildman–Crippen LogP) is 2.85. The van der Waals surface area contributed by atoms with Gasteiger partial charge in [-0.3, -0.25) is 4.68 Å². The maximum absolute atomic E-state index is 6.00. The predicted molar refractivity (Wildman–Crippen MR) is 76.1 cm³/mol. The van der Waals surface area contributed by atoms with E-state index in [1.807, 2.05) is 43.1 Å². The number of benzene rings is 1. The zero-order valence-electron chi connectivity index (χ0n) is 10.6. The molecule has 0 unspecified atom stereocenters. The van der Waals surface area contributed by atoms with Gasteiger partial charge in [0.1, 0.15) is 0 Å². The molecule has 2 aromatic rings. The van der Waals surface area contributed by atoms with Gasteiger partial charge in [-0.05, 0) is 37.1 Å². The molecule has 18 heavy (non-hydrogen) atoms. The van der Waals surface area contributed by atoms with Gasteiger partial charge in [-0.1, -0.05) is 11.6 Å². The summed E-state index contributed by atoms with van der Waals surface area (Å²) < 4.78 is 1.91. The number of nitrogens with zero attached hydrogens (tertiary/aromatic N) is 2. The average molecular weight is 265 g/mol. The first-order valence-corrected chi connectivity index (χ1v) is 6.22. The molecule has 1 aromatic carbocycles. The van der Waals surface area contributed by atoms with Crippen molar-refractivity contribution in [3.8, 4) is 0 Å². The number of aryl methyl sites for hydroxylation is 2. The molecule has 1 aromatic heterocycles. The van der Waals surface area contributed by atoms with E-state index < -0.39 is 0 Å². The molecule has 1 heterocycles. The molecule has 5 heteroatoms. The molecule has 0 aliphatic rings. The zero-order chi connectivity index (χ0) is 13.1. The Balaban J connectivity index is 1.96. The minimum Gasteiger partial charge on any atom is -0.398 e. The van der Waals surface area contributed by atoms with E-state index in [0.717, 1.165) is 24.3 Å². The van der Waals surface area contributed by atoms with Crippen molar-refractivity contribution >= 4 is 23.0 Å². The first kappa shape index (κ1) is 12.8. The number of hydrogen-bond acceptors (Lipinski definition) is 3. The minimum absolute atomic E-state index is 0.582. The van der Waals surface area contributed by atoms with Crippen LogP contribution < -0.4 is 11.1 Å². The normalized spacial score (nSPS) is 10.6. The summed E-state index contributed by atoms with van der Waals surface area (Å²) >= 11 is 6.00. The number of aromatic nitrogens is 2. The lowest BCUT2D eigenvalue weighted by atomic mass is 10.2. The van der Waals surface area contributed by atoms with Gasteiger partial charge in [0, 0.05) is 18.4 Å². The third kappa shape index (κ3) is 2.96. The van der Waals surface area contributed by atoms with Crippen molar-refractivity contribution in [3.63, 3.8) is 0 Å². The van der Waals surface area contributed by atoms with E-state index in [9.17, 15) is 0 Å². The topological polar surface area (TPSA) is 55.9 Å². The Hall–Kier alpha value is -1.68. The van der Waals surface area contributed by atoms with E-state index in [1.54, 1.807) is 0 Å². The Morgan fingerprint density at radius 3 is 2.83 bits per heavy atom. The Labute approximate surface area is 112 Å². The lowest BCUT2D eigenvalue weighted by molar-refractivity contribution is 0.637. The van der Waals surface area contributed by atoms with Crippen molar-refractivity contribution in [1.82, 2.24) is 9.78 Å². The number of halogens is 1. The van der Waals surface area contributed by atoms with Gasteiger partial charge in [-0.25, -0.2) is 0 Å². The standard InChI is InChI=1S/C13H17ClN4/c1-9-7-17-18(8-9)4-3-16-13-6-11(14)12(15)5-10(13)2/h5-8,16H,3-4,15H2,1-2H3. The molecule has 0 aliphatic carbocycles. The molecule has 0 saturated carbocycles. The average Bonchev–Trinajstić information content (AvgIpc) is 2.71. The third-order valence-electron chi connectivity index (χ3n) is 2.76. The quantitative estimate of drug-likeness (QED) is 0.835. The first-order chi connectivity index (χ1) is 8.56. The second-order valence-corrected chi connectivity index (χ2v) is 4.80. The summed E-state index contributed by atoms with van der Waals surface area (Å²) in [6.07, 6.45) is 3.87. The number of rotatable bonds is 4. The van der Waals surface area contributed by atoms with E-state index >= 15 is 0 Å². The molecular formula is C13H17ClN4. The number of hydrogen-bond donors (Lipinski definition) is 2. The van der Waals surface area contributed by atoms with Crippen LogP contribution in [0.25, 0.3) is 0 Å². The van der Waals surface area contributed by atoms with Crippen LogP contribution in [0, 0.1) is 13.8 Å². The van der Waals surface area contributed by atoms with Gasteiger partial charge < -0.3 is 11.1 Å². The van der Waals surface area contributed by atoms with Crippen molar-refractivity contribution in [2.45, 2.75) is 20.4 Å². The molecular weight excluding hydrogens is 248 g/mol. The highest BCUT2D eigenvalue weighted by atomic mass is 35.5. The molecule has 0 bridgehead atoms. The summed E-state index contributed by atoms with van der Waals surface area (Å²) in [4.78, 5) is 0. The monoisotopic (exact) mass is 264 g/mol. The van der Waals surface area contributed by atoms with Crippen LogP contribution in [-0.2, 0) is 6.54 Å². The van der Waals surface area contributed by atoms with Crippen LogP contribution in [0.2, 0.25) is 5.02 Å². The highest BCUT2D eigenvalue weighted by molar-refractivity contribution is 6.33. The van der Waals surface area contributed by atoms with Gasteiger partial charge in [0.25, 0.3) is 0 Å². The summed E-state index contributed by atoms with van der Waals surface area (Å²) in [6, 6.07) is 3.74. The SMILES string of the molecule is Cc1cnn(CCNc2cc(Cl)c(N)cc2C)c1. The molecule has 0 aliphatic heterocycles. The van der Waals surface area contributed by atoms with E-state index in [4.69, 9.17) is 17.3 Å². The van der Waals surface area contributed by atoms with Crippen molar-refractivity contribution in [1.29, 1.82) is 0 Å². The van der Waals surface area contributed by atoms with Crippen LogP contribution in [-0.4, -0.2) is 16.3 Å². The number of nitrogens with one attached hydrogen (secondary N) is 1. The molecule has 0 saturated heterocycles. The van der Waals surface area contributed by atoms with Gasteiger partial charge in [-0.2, -0.15) is 5.10 Å². The minimum atomic E-state index is 0.582. The van der Waals surface area contributed by atoms with Crippen LogP contribution >= 0.6 is 11.6 Å². The van der Waals surface area contributed by atoms with Crippen LogP contribution in [0.4, 0.5) is 11.4 Å². The summed E-state index contributed by atoms with van der Waals surface area (Å²) in [7, 11) is 0. The molecule has 0 spiro atoms. The number of nitrogens with two attached hydrogens (primary N) is 1. The second-order valence-electron chi connectivity index (χ2n) is 4.40. The van der Waals surface area contributed by atoms with Crippen molar-refractivity contribution in [3.05, 3.63) is 40.7 Å². The van der Waals surface area contributed by atoms with Gasteiger partial charge >= 0.3 is 0 Å². The summed E-state index contributed by atoms with van der Waals surface area (Å²) in [5.41, 5.74) is 9.62. The third-order valence-corrected chi connectivity index (χ3v) is 3.09.